The molecule has 1 heterocycles. The molecule has 3 rings (SSSR count). The lowest BCUT2D eigenvalue weighted by molar-refractivity contribution is 0.103. The van der Waals surface area contributed by atoms with Crippen LogP contribution in [-0.2, 0) is 10.2 Å². The van der Waals surface area contributed by atoms with E-state index < -0.39 is 0 Å². The molecule has 0 aliphatic carbocycles. The van der Waals surface area contributed by atoms with E-state index in [0.29, 0.717) is 17.9 Å². The van der Waals surface area contributed by atoms with Crippen molar-refractivity contribution in [2.24, 2.45) is 0 Å². The Morgan fingerprint density at radius 3 is 2.58 bits per heavy atom. The van der Waals surface area contributed by atoms with Crippen LogP contribution in [0.3, 0.4) is 0 Å². The van der Waals surface area contributed by atoms with Crippen LogP contribution in [0.25, 0.3) is 0 Å². The summed E-state index contributed by atoms with van der Waals surface area (Å²) in [6.45, 7) is 7.54. The molecule has 1 fully saturated rings. The molecular weight excluding hydrogens is 368 g/mol. The van der Waals surface area contributed by atoms with Gasteiger partial charge >= 0.3 is 0 Å². The number of hydrogen-bond donors (Lipinski definition) is 0. The molecular formula is C20H21BrO3. The van der Waals surface area contributed by atoms with Crippen LogP contribution in [0, 0.1) is 0 Å². The Bertz CT molecular complexity index is 758. The zero-order valence-electron chi connectivity index (χ0n) is 14.1. The maximum atomic E-state index is 13.2. The standard InChI is InChI=1S/C20H21BrO3/c1-20(2,3)17-7-5-4-6-15(17)19(22)16-10-13(21)8-9-18(16)24-12-14-11-23-14/h4-10,14H,11-12H2,1-3H3. The van der Waals surface area contributed by atoms with E-state index in [4.69, 9.17) is 9.47 Å². The summed E-state index contributed by atoms with van der Waals surface area (Å²) < 4.78 is 11.9. The number of carbonyl (C=O) groups is 1. The lowest BCUT2D eigenvalue weighted by Crippen LogP contribution is -2.18. The number of halogens is 1. The number of ketones is 1. The van der Waals surface area contributed by atoms with E-state index in [1.54, 1.807) is 0 Å². The topological polar surface area (TPSA) is 38.8 Å². The third kappa shape index (κ3) is 3.87. The third-order valence-corrected chi connectivity index (χ3v) is 4.49. The summed E-state index contributed by atoms with van der Waals surface area (Å²) in [6, 6.07) is 13.3. The SMILES string of the molecule is CC(C)(C)c1ccccc1C(=O)c1cc(Br)ccc1OCC1CO1. The van der Waals surface area contributed by atoms with Gasteiger partial charge in [0.1, 0.15) is 18.5 Å². The van der Waals surface area contributed by atoms with Gasteiger partial charge < -0.3 is 9.47 Å². The Labute approximate surface area is 151 Å². The van der Waals surface area contributed by atoms with Gasteiger partial charge in [-0.3, -0.25) is 4.79 Å². The fraction of sp³-hybridized carbons (Fsp3) is 0.350. The molecule has 1 aliphatic rings. The van der Waals surface area contributed by atoms with E-state index in [9.17, 15) is 4.79 Å². The number of benzene rings is 2. The molecule has 4 heteroatoms. The average molecular weight is 389 g/mol. The van der Waals surface area contributed by atoms with Gasteiger partial charge in [-0.1, -0.05) is 61.0 Å². The van der Waals surface area contributed by atoms with Gasteiger partial charge in [0.2, 0.25) is 0 Å². The lowest BCUT2D eigenvalue weighted by atomic mass is 9.82. The second-order valence-electron chi connectivity index (χ2n) is 7.03. The molecule has 0 radical (unpaired) electrons. The predicted molar refractivity (Wildman–Crippen MR) is 98.0 cm³/mol. The maximum Gasteiger partial charge on any atom is 0.197 e. The molecule has 1 saturated heterocycles. The van der Waals surface area contributed by atoms with Crippen molar-refractivity contribution in [2.75, 3.05) is 13.2 Å². The van der Waals surface area contributed by atoms with E-state index in [1.165, 1.54) is 0 Å². The number of hydrogen-bond acceptors (Lipinski definition) is 3. The summed E-state index contributed by atoms with van der Waals surface area (Å²) in [5.41, 5.74) is 2.21. The molecule has 1 aliphatic heterocycles. The van der Waals surface area contributed by atoms with Crippen molar-refractivity contribution in [3.8, 4) is 5.75 Å². The molecule has 0 N–H and O–H groups in total. The first-order chi connectivity index (χ1) is 11.4. The van der Waals surface area contributed by atoms with Crippen molar-refractivity contribution in [1.29, 1.82) is 0 Å². The van der Waals surface area contributed by atoms with E-state index in [2.05, 4.69) is 36.7 Å². The van der Waals surface area contributed by atoms with Crippen LogP contribution in [0.1, 0.15) is 42.3 Å². The van der Waals surface area contributed by atoms with Gasteiger partial charge in [-0.25, -0.2) is 0 Å². The van der Waals surface area contributed by atoms with Crippen LogP contribution in [0.5, 0.6) is 5.75 Å². The highest BCUT2D eigenvalue weighted by Crippen LogP contribution is 2.31. The highest BCUT2D eigenvalue weighted by molar-refractivity contribution is 9.10. The molecule has 126 valence electrons. The van der Waals surface area contributed by atoms with Crippen molar-refractivity contribution in [3.05, 3.63) is 63.6 Å². The Morgan fingerprint density at radius 2 is 1.92 bits per heavy atom. The number of ether oxygens (including phenoxy) is 2. The minimum Gasteiger partial charge on any atom is -0.490 e. The fourth-order valence-electron chi connectivity index (χ4n) is 2.63. The molecule has 1 atom stereocenters. The smallest absolute Gasteiger partial charge is 0.197 e. The van der Waals surface area contributed by atoms with Crippen molar-refractivity contribution >= 4 is 21.7 Å². The zero-order chi connectivity index (χ0) is 17.3. The minimum absolute atomic E-state index is 0.0199. The normalized spacial score (nSPS) is 16.8. The Hall–Kier alpha value is -1.65. The van der Waals surface area contributed by atoms with Gasteiger partial charge in [0, 0.05) is 10.0 Å². The molecule has 3 nitrogen and oxygen atoms in total. The summed E-state index contributed by atoms with van der Waals surface area (Å²) in [5, 5.41) is 0. The highest BCUT2D eigenvalue weighted by atomic mass is 79.9. The summed E-state index contributed by atoms with van der Waals surface area (Å²) in [7, 11) is 0. The molecule has 0 spiro atoms. The van der Waals surface area contributed by atoms with Crippen molar-refractivity contribution in [3.63, 3.8) is 0 Å². The molecule has 0 bridgehead atoms. The van der Waals surface area contributed by atoms with Crippen molar-refractivity contribution in [2.45, 2.75) is 32.3 Å². The summed E-state index contributed by atoms with van der Waals surface area (Å²) in [4.78, 5) is 13.2. The van der Waals surface area contributed by atoms with Gasteiger partial charge in [0.05, 0.1) is 12.2 Å². The monoisotopic (exact) mass is 388 g/mol. The van der Waals surface area contributed by atoms with Crippen LogP contribution >= 0.6 is 15.9 Å². The van der Waals surface area contributed by atoms with Crippen LogP contribution in [0.4, 0.5) is 0 Å². The molecule has 24 heavy (non-hydrogen) atoms. The summed E-state index contributed by atoms with van der Waals surface area (Å²) in [6.07, 6.45) is 0.151. The van der Waals surface area contributed by atoms with E-state index in [0.717, 1.165) is 22.2 Å². The quantitative estimate of drug-likeness (QED) is 0.547. The van der Waals surface area contributed by atoms with Crippen molar-refractivity contribution in [1.82, 2.24) is 0 Å². The first-order valence-electron chi connectivity index (χ1n) is 8.04. The largest absolute Gasteiger partial charge is 0.490 e. The number of carbonyl (C=O) groups excluding carboxylic acids is 1. The zero-order valence-corrected chi connectivity index (χ0v) is 15.7. The van der Waals surface area contributed by atoms with E-state index >= 15 is 0 Å². The molecule has 0 aromatic heterocycles. The molecule has 0 saturated carbocycles. The van der Waals surface area contributed by atoms with Gasteiger partial charge in [-0.2, -0.15) is 0 Å². The summed E-state index contributed by atoms with van der Waals surface area (Å²) in [5.74, 6) is 0.580. The number of rotatable bonds is 5. The van der Waals surface area contributed by atoms with Gasteiger partial charge in [-0.15, -0.1) is 0 Å². The predicted octanol–water partition coefficient (Wildman–Crippen LogP) is 4.76. The lowest BCUT2D eigenvalue weighted by Gasteiger charge is -2.22. The third-order valence-electron chi connectivity index (χ3n) is 3.99. The number of epoxide rings is 1. The van der Waals surface area contributed by atoms with Crippen molar-refractivity contribution < 1.29 is 14.3 Å². The first kappa shape index (κ1) is 17.2. The Kier molecular flexibility index (Phi) is 4.79. The van der Waals surface area contributed by atoms with E-state index in [1.807, 2.05) is 42.5 Å². The van der Waals surface area contributed by atoms with Crippen LogP contribution < -0.4 is 4.74 Å². The Balaban J connectivity index is 1.99. The second-order valence-corrected chi connectivity index (χ2v) is 7.95. The molecule has 1 unspecified atom stereocenters. The first-order valence-corrected chi connectivity index (χ1v) is 8.84. The van der Waals surface area contributed by atoms with Gasteiger partial charge in [0.15, 0.2) is 5.78 Å². The van der Waals surface area contributed by atoms with Gasteiger partial charge in [-0.05, 0) is 29.2 Å². The maximum absolute atomic E-state index is 13.2. The summed E-state index contributed by atoms with van der Waals surface area (Å²) >= 11 is 3.46. The van der Waals surface area contributed by atoms with Crippen LogP contribution in [-0.4, -0.2) is 25.1 Å². The molecule has 2 aromatic carbocycles. The fourth-order valence-corrected chi connectivity index (χ4v) is 2.99. The Morgan fingerprint density at radius 1 is 1.21 bits per heavy atom. The van der Waals surface area contributed by atoms with Crippen LogP contribution in [0.2, 0.25) is 0 Å². The van der Waals surface area contributed by atoms with Crippen LogP contribution in [0.15, 0.2) is 46.9 Å². The molecule has 0 amide bonds. The average Bonchev–Trinajstić information content (AvgIpc) is 3.36. The second kappa shape index (κ2) is 6.69. The minimum atomic E-state index is -0.110. The van der Waals surface area contributed by atoms with Gasteiger partial charge in [0.25, 0.3) is 0 Å². The molecule has 2 aromatic rings. The highest BCUT2D eigenvalue weighted by Gasteiger charge is 2.26. The van der Waals surface area contributed by atoms with E-state index in [-0.39, 0.29) is 17.3 Å².